The van der Waals surface area contributed by atoms with E-state index < -0.39 is 12.1 Å². The number of hydrogen-bond donors (Lipinski definition) is 1. The van der Waals surface area contributed by atoms with Crippen molar-refractivity contribution in [2.45, 2.75) is 12.5 Å². The van der Waals surface area contributed by atoms with Crippen LogP contribution in [0, 0.1) is 0 Å². The van der Waals surface area contributed by atoms with Crippen LogP contribution >= 0.6 is 0 Å². The Morgan fingerprint density at radius 1 is 0.971 bits per heavy atom. The number of fused-ring (bicyclic) bond motifs is 3. The highest BCUT2D eigenvalue weighted by atomic mass is 16.6. The van der Waals surface area contributed by atoms with Crippen LogP contribution in [0.4, 0.5) is 10.5 Å². The lowest BCUT2D eigenvalue weighted by Gasteiger charge is -2.23. The molecule has 0 spiro atoms. The molecule has 1 aromatic heterocycles. The van der Waals surface area contributed by atoms with Gasteiger partial charge in [0.2, 0.25) is 0 Å². The summed E-state index contributed by atoms with van der Waals surface area (Å²) in [7, 11) is 1.85. The van der Waals surface area contributed by atoms with Crippen LogP contribution in [-0.4, -0.2) is 33.3 Å². The van der Waals surface area contributed by atoms with Gasteiger partial charge in [-0.25, -0.2) is 14.6 Å². The molecule has 170 valence electrons. The molecule has 1 aliphatic rings. The first kappa shape index (κ1) is 21.5. The van der Waals surface area contributed by atoms with Crippen LogP contribution in [0.2, 0.25) is 0 Å². The summed E-state index contributed by atoms with van der Waals surface area (Å²) in [5.41, 5.74) is 5.27. The van der Waals surface area contributed by atoms with Crippen LogP contribution in [0.1, 0.15) is 33.2 Å². The molecule has 0 saturated carbocycles. The zero-order valence-corrected chi connectivity index (χ0v) is 18.6. The maximum Gasteiger partial charge on any atom is 0.414 e. The van der Waals surface area contributed by atoms with Crippen molar-refractivity contribution in [1.82, 2.24) is 9.55 Å². The molecule has 4 aromatic rings. The molecule has 1 N–H and O–H groups in total. The van der Waals surface area contributed by atoms with Crippen LogP contribution in [0.5, 0.6) is 0 Å². The van der Waals surface area contributed by atoms with Crippen molar-refractivity contribution >= 4 is 17.7 Å². The van der Waals surface area contributed by atoms with Crippen molar-refractivity contribution < 1.29 is 19.4 Å². The third-order valence-electron chi connectivity index (χ3n) is 6.20. The molecule has 34 heavy (non-hydrogen) atoms. The first-order valence-corrected chi connectivity index (χ1v) is 10.9. The molecule has 3 aromatic carbocycles. The van der Waals surface area contributed by atoms with Gasteiger partial charge in [-0.15, -0.1) is 0 Å². The number of nitrogens with zero attached hydrogens (tertiary/aromatic N) is 3. The first-order chi connectivity index (χ1) is 16.5. The predicted octanol–water partition coefficient (Wildman–Crippen LogP) is 5.07. The summed E-state index contributed by atoms with van der Waals surface area (Å²) in [6, 6.07) is 22.5. The van der Waals surface area contributed by atoms with Gasteiger partial charge < -0.3 is 14.4 Å². The Morgan fingerprint density at radius 2 is 1.59 bits per heavy atom. The highest BCUT2D eigenvalue weighted by molar-refractivity contribution is 5.91. The smallest absolute Gasteiger partial charge is 0.414 e. The Kier molecular flexibility index (Phi) is 5.59. The van der Waals surface area contributed by atoms with Gasteiger partial charge in [-0.2, -0.15) is 0 Å². The quantitative estimate of drug-likeness (QED) is 0.440. The van der Waals surface area contributed by atoms with E-state index in [1.807, 2.05) is 35.9 Å². The number of carbonyl (C=O) groups is 2. The monoisotopic (exact) mass is 453 g/mol. The molecule has 0 bridgehead atoms. The zero-order chi connectivity index (χ0) is 23.7. The minimum absolute atomic E-state index is 0.0549. The van der Waals surface area contributed by atoms with Gasteiger partial charge in [0, 0.05) is 31.0 Å². The number of aryl methyl sites for hydroxylation is 1. The molecule has 0 unspecified atom stereocenters. The van der Waals surface area contributed by atoms with Gasteiger partial charge in [-0.05, 0) is 46.5 Å². The van der Waals surface area contributed by atoms with Crippen LogP contribution in [0.3, 0.4) is 0 Å². The number of carboxylic acids is 1. The summed E-state index contributed by atoms with van der Waals surface area (Å²) < 4.78 is 7.68. The molecule has 7 heteroatoms. The molecule has 7 nitrogen and oxygen atoms in total. The molecular formula is C27H23N3O4. The Morgan fingerprint density at radius 3 is 2.15 bits per heavy atom. The number of amides is 1. The van der Waals surface area contributed by atoms with Gasteiger partial charge >= 0.3 is 12.1 Å². The number of imidazole rings is 1. The van der Waals surface area contributed by atoms with E-state index in [0.29, 0.717) is 11.5 Å². The zero-order valence-electron chi connectivity index (χ0n) is 18.6. The topological polar surface area (TPSA) is 84.7 Å². The van der Waals surface area contributed by atoms with E-state index in [0.717, 1.165) is 22.3 Å². The van der Waals surface area contributed by atoms with Crippen LogP contribution in [0.15, 0.2) is 85.2 Å². The lowest BCUT2D eigenvalue weighted by atomic mass is 9.98. The fourth-order valence-corrected chi connectivity index (χ4v) is 4.41. The number of anilines is 1. The highest BCUT2D eigenvalue weighted by Crippen LogP contribution is 2.44. The number of rotatable bonds is 6. The van der Waals surface area contributed by atoms with Gasteiger partial charge in [-0.3, -0.25) is 4.90 Å². The number of carboxylic acid groups (broad SMARTS) is 1. The number of carbonyl (C=O) groups excluding carboxylic acids is 1. The normalized spacial score (nSPS) is 12.1. The van der Waals surface area contributed by atoms with E-state index in [2.05, 4.69) is 29.2 Å². The van der Waals surface area contributed by atoms with Crippen molar-refractivity contribution in [3.63, 3.8) is 0 Å². The molecule has 1 amide bonds. The lowest BCUT2D eigenvalue weighted by Crippen LogP contribution is -2.33. The van der Waals surface area contributed by atoms with Crippen molar-refractivity contribution in [2.75, 3.05) is 11.5 Å². The predicted molar refractivity (Wildman–Crippen MR) is 128 cm³/mol. The first-order valence-electron chi connectivity index (χ1n) is 10.9. The van der Waals surface area contributed by atoms with Gasteiger partial charge in [-0.1, -0.05) is 48.5 Å². The van der Waals surface area contributed by atoms with Gasteiger partial charge in [0.05, 0.1) is 12.1 Å². The maximum absolute atomic E-state index is 13.3. The summed E-state index contributed by atoms with van der Waals surface area (Å²) in [4.78, 5) is 30.4. The van der Waals surface area contributed by atoms with E-state index in [-0.39, 0.29) is 24.6 Å². The summed E-state index contributed by atoms with van der Waals surface area (Å²) in [5, 5.41) is 9.21. The van der Waals surface area contributed by atoms with E-state index >= 15 is 0 Å². The standard InChI is InChI=1S/C27H23N3O4/c1-29-15-14-28-25(29)16-30(19-12-10-18(11-13-19)26(31)32)27(33)34-17-24-22-8-4-2-6-20(22)21-7-3-5-9-23(21)24/h2-15,24H,16-17H2,1H3,(H,31,32). The highest BCUT2D eigenvalue weighted by Gasteiger charge is 2.30. The number of ether oxygens (including phenoxy) is 1. The molecule has 0 fully saturated rings. The third kappa shape index (κ3) is 3.92. The van der Waals surface area contributed by atoms with E-state index in [1.54, 1.807) is 24.5 Å². The van der Waals surface area contributed by atoms with E-state index in [4.69, 9.17) is 4.74 Å². The lowest BCUT2D eigenvalue weighted by molar-refractivity contribution is 0.0697. The molecular weight excluding hydrogens is 430 g/mol. The van der Waals surface area contributed by atoms with E-state index in [1.165, 1.54) is 17.0 Å². The number of hydrogen-bond acceptors (Lipinski definition) is 4. The largest absolute Gasteiger partial charge is 0.478 e. The molecule has 0 radical (unpaired) electrons. The maximum atomic E-state index is 13.3. The Bertz CT molecular complexity index is 1310. The number of aromatic nitrogens is 2. The molecule has 0 atom stereocenters. The summed E-state index contributed by atoms with van der Waals surface area (Å²) >= 11 is 0. The van der Waals surface area contributed by atoms with Crippen molar-refractivity contribution in [3.8, 4) is 11.1 Å². The Balaban J connectivity index is 1.41. The van der Waals surface area contributed by atoms with Crippen LogP contribution < -0.4 is 4.90 Å². The van der Waals surface area contributed by atoms with Gasteiger partial charge in [0.15, 0.2) is 0 Å². The fraction of sp³-hybridized carbons (Fsp3) is 0.148. The van der Waals surface area contributed by atoms with Crippen LogP contribution in [0.25, 0.3) is 11.1 Å². The summed E-state index contributed by atoms with van der Waals surface area (Å²) in [6.45, 7) is 0.379. The van der Waals surface area contributed by atoms with Crippen molar-refractivity contribution in [1.29, 1.82) is 0 Å². The Labute approximate surface area is 196 Å². The second-order valence-corrected chi connectivity index (χ2v) is 8.20. The SMILES string of the molecule is Cn1ccnc1CN(C(=O)OCC1c2ccccc2-c2ccccc21)c1ccc(C(=O)O)cc1. The minimum Gasteiger partial charge on any atom is -0.478 e. The Hall–Kier alpha value is -4.39. The van der Waals surface area contributed by atoms with E-state index in [9.17, 15) is 14.7 Å². The van der Waals surface area contributed by atoms with Gasteiger partial charge in [0.1, 0.15) is 12.4 Å². The fourth-order valence-electron chi connectivity index (χ4n) is 4.41. The second kappa shape index (κ2) is 8.86. The molecule has 0 aliphatic heterocycles. The average Bonchev–Trinajstić information content (AvgIpc) is 3.41. The minimum atomic E-state index is -1.02. The molecule has 1 aliphatic carbocycles. The molecule has 0 saturated heterocycles. The molecule has 1 heterocycles. The number of benzene rings is 3. The summed E-state index contributed by atoms with van der Waals surface area (Å²) in [5.74, 6) is -0.403. The molecule has 5 rings (SSSR count). The summed E-state index contributed by atoms with van der Waals surface area (Å²) in [6.07, 6.45) is 2.95. The average molecular weight is 453 g/mol. The van der Waals surface area contributed by atoms with Crippen molar-refractivity contribution in [3.05, 3.63) is 108 Å². The van der Waals surface area contributed by atoms with Crippen molar-refractivity contribution in [2.24, 2.45) is 7.05 Å². The van der Waals surface area contributed by atoms with Gasteiger partial charge in [0.25, 0.3) is 0 Å². The third-order valence-corrected chi connectivity index (χ3v) is 6.20. The number of aromatic carboxylic acids is 1. The van der Waals surface area contributed by atoms with Crippen LogP contribution in [-0.2, 0) is 18.3 Å². The second-order valence-electron chi connectivity index (χ2n) is 8.20.